The number of halogens is 1. The number of hydrogen-bond donors (Lipinski definition) is 2. The summed E-state index contributed by atoms with van der Waals surface area (Å²) >= 11 is 0. The highest BCUT2D eigenvalue weighted by Crippen LogP contribution is 2.29. The summed E-state index contributed by atoms with van der Waals surface area (Å²) < 4.78 is 19.4. The Hall–Kier alpha value is -2.86. The molecule has 6 heteroatoms. The van der Waals surface area contributed by atoms with Crippen molar-refractivity contribution in [3.8, 4) is 5.75 Å². The summed E-state index contributed by atoms with van der Waals surface area (Å²) in [6.07, 6.45) is 1.44. The van der Waals surface area contributed by atoms with Crippen LogP contribution in [0.2, 0.25) is 0 Å². The summed E-state index contributed by atoms with van der Waals surface area (Å²) in [5, 5.41) is 1.20. The number of rotatable bonds is 5. The fourth-order valence-electron chi connectivity index (χ4n) is 3.60. The second-order valence-corrected chi connectivity index (χ2v) is 6.74. The minimum absolute atomic E-state index is 0.221. The fraction of sp³-hybridized carbons (Fsp3) is 0.286. The van der Waals surface area contributed by atoms with Crippen LogP contribution in [-0.2, 0) is 13.0 Å². The van der Waals surface area contributed by atoms with Gasteiger partial charge in [0.05, 0.1) is 18.7 Å². The molecule has 2 aromatic carbocycles. The van der Waals surface area contributed by atoms with Crippen molar-refractivity contribution in [1.82, 2.24) is 9.88 Å². The number of carbonyl (C=O) groups is 1. The second kappa shape index (κ2) is 7.40. The Labute approximate surface area is 156 Å². The number of ether oxygens (including phenoxy) is 1. The summed E-state index contributed by atoms with van der Waals surface area (Å²) in [7, 11) is 0. The molecule has 2 heterocycles. The molecule has 1 aromatic heterocycles. The van der Waals surface area contributed by atoms with Crippen molar-refractivity contribution in [3.05, 3.63) is 65.1 Å². The first-order valence-electron chi connectivity index (χ1n) is 9.17. The Balaban J connectivity index is 1.59. The number of nitrogens with one attached hydrogen (secondary N) is 1. The largest absolute Gasteiger partial charge is 0.493 e. The highest BCUT2D eigenvalue weighted by molar-refractivity contribution is 5.97. The topological polar surface area (TPSA) is 71.3 Å². The van der Waals surface area contributed by atoms with Gasteiger partial charge < -0.3 is 20.4 Å². The van der Waals surface area contributed by atoms with E-state index in [4.69, 9.17) is 10.5 Å². The number of para-hydroxylation sites is 1. The minimum atomic E-state index is -0.451. The van der Waals surface area contributed by atoms with E-state index >= 15 is 0 Å². The summed E-state index contributed by atoms with van der Waals surface area (Å²) in [6, 6.07) is 12.2. The van der Waals surface area contributed by atoms with E-state index in [1.54, 1.807) is 4.90 Å². The van der Waals surface area contributed by atoms with Crippen LogP contribution in [0.25, 0.3) is 10.9 Å². The van der Waals surface area contributed by atoms with E-state index in [1.807, 2.05) is 18.2 Å². The molecular weight excluding hydrogens is 345 g/mol. The van der Waals surface area contributed by atoms with Gasteiger partial charge in [0.1, 0.15) is 11.6 Å². The zero-order valence-electron chi connectivity index (χ0n) is 15.0. The predicted molar refractivity (Wildman–Crippen MR) is 102 cm³/mol. The number of nitrogens with two attached hydrogens (primary N) is 1. The van der Waals surface area contributed by atoms with Crippen LogP contribution in [0.5, 0.6) is 5.75 Å². The van der Waals surface area contributed by atoms with Gasteiger partial charge in [-0.3, -0.25) is 4.79 Å². The number of aromatic amines is 1. The first-order chi connectivity index (χ1) is 13.2. The monoisotopic (exact) mass is 367 g/mol. The molecule has 4 rings (SSSR count). The fourth-order valence-corrected chi connectivity index (χ4v) is 3.60. The molecule has 3 aromatic rings. The van der Waals surface area contributed by atoms with E-state index in [-0.39, 0.29) is 11.5 Å². The maximum absolute atomic E-state index is 13.8. The van der Waals surface area contributed by atoms with E-state index in [1.165, 1.54) is 29.1 Å². The van der Waals surface area contributed by atoms with Crippen LogP contribution in [0.1, 0.15) is 28.0 Å². The van der Waals surface area contributed by atoms with Gasteiger partial charge in [-0.25, -0.2) is 4.39 Å². The van der Waals surface area contributed by atoms with Crippen molar-refractivity contribution in [2.45, 2.75) is 19.4 Å². The summed E-state index contributed by atoms with van der Waals surface area (Å²) in [5.41, 5.74) is 9.12. The highest BCUT2D eigenvalue weighted by atomic mass is 19.1. The number of nitrogens with zero attached hydrogens (tertiary/aromatic N) is 1. The number of aromatic nitrogens is 1. The Morgan fingerprint density at radius 3 is 2.96 bits per heavy atom. The van der Waals surface area contributed by atoms with Crippen molar-refractivity contribution in [2.24, 2.45) is 5.73 Å². The van der Waals surface area contributed by atoms with Crippen LogP contribution in [0.3, 0.4) is 0 Å². The maximum Gasteiger partial charge on any atom is 0.258 e. The third kappa shape index (κ3) is 3.40. The van der Waals surface area contributed by atoms with Gasteiger partial charge in [0.25, 0.3) is 5.91 Å². The van der Waals surface area contributed by atoms with E-state index < -0.39 is 5.82 Å². The lowest BCUT2D eigenvalue weighted by Gasteiger charge is -2.28. The molecule has 1 aliphatic rings. The lowest BCUT2D eigenvalue weighted by atomic mass is 10.0. The molecule has 140 valence electrons. The third-order valence-electron chi connectivity index (χ3n) is 4.95. The molecule has 27 heavy (non-hydrogen) atoms. The molecule has 1 aliphatic heterocycles. The molecule has 0 saturated carbocycles. The highest BCUT2D eigenvalue weighted by Gasteiger charge is 2.26. The summed E-state index contributed by atoms with van der Waals surface area (Å²) in [6.45, 7) is 1.96. The number of amides is 1. The molecular formula is C21H22FN3O2. The van der Waals surface area contributed by atoms with Crippen LogP contribution in [-0.4, -0.2) is 35.5 Å². The molecule has 0 saturated heterocycles. The molecule has 0 atom stereocenters. The van der Waals surface area contributed by atoms with Crippen molar-refractivity contribution < 1.29 is 13.9 Å². The molecule has 0 radical (unpaired) electrons. The Kier molecular flexibility index (Phi) is 4.81. The van der Waals surface area contributed by atoms with Gasteiger partial charge in [0.2, 0.25) is 0 Å². The van der Waals surface area contributed by atoms with Gasteiger partial charge in [-0.15, -0.1) is 0 Å². The standard InChI is InChI=1S/C21H22FN3O2/c22-14-6-7-20(27-11-3-9-23)17(12-14)21(26)25-10-8-16-15-4-1-2-5-18(15)24-19(16)13-25/h1-2,4-7,12,24H,3,8-11,13,23H2. The lowest BCUT2D eigenvalue weighted by molar-refractivity contribution is 0.0728. The van der Waals surface area contributed by atoms with E-state index in [2.05, 4.69) is 11.1 Å². The van der Waals surface area contributed by atoms with Crippen LogP contribution in [0, 0.1) is 5.82 Å². The molecule has 0 bridgehead atoms. The van der Waals surface area contributed by atoms with Gasteiger partial charge in [0, 0.05) is 23.1 Å². The van der Waals surface area contributed by atoms with Crippen LogP contribution in [0.4, 0.5) is 4.39 Å². The SMILES string of the molecule is NCCCOc1ccc(F)cc1C(=O)N1CCc2c([nH]c3ccccc23)C1. The van der Waals surface area contributed by atoms with Crippen molar-refractivity contribution >= 4 is 16.8 Å². The van der Waals surface area contributed by atoms with Crippen LogP contribution in [0.15, 0.2) is 42.5 Å². The third-order valence-corrected chi connectivity index (χ3v) is 4.95. The average molecular weight is 367 g/mol. The van der Waals surface area contributed by atoms with E-state index in [0.29, 0.717) is 38.4 Å². The first kappa shape index (κ1) is 17.5. The van der Waals surface area contributed by atoms with Gasteiger partial charge in [0.15, 0.2) is 0 Å². The smallest absolute Gasteiger partial charge is 0.258 e. The Bertz CT molecular complexity index is 983. The van der Waals surface area contributed by atoms with Crippen LogP contribution < -0.4 is 10.5 Å². The van der Waals surface area contributed by atoms with E-state index in [0.717, 1.165) is 17.6 Å². The minimum Gasteiger partial charge on any atom is -0.493 e. The number of benzene rings is 2. The van der Waals surface area contributed by atoms with Gasteiger partial charge in [-0.2, -0.15) is 0 Å². The predicted octanol–water partition coefficient (Wildman–Crippen LogP) is 3.23. The van der Waals surface area contributed by atoms with Crippen molar-refractivity contribution in [2.75, 3.05) is 19.7 Å². The van der Waals surface area contributed by atoms with Gasteiger partial charge in [-0.1, -0.05) is 18.2 Å². The molecule has 1 amide bonds. The van der Waals surface area contributed by atoms with Crippen molar-refractivity contribution in [1.29, 1.82) is 0 Å². The molecule has 5 nitrogen and oxygen atoms in total. The first-order valence-corrected chi connectivity index (χ1v) is 9.17. The number of fused-ring (bicyclic) bond motifs is 3. The quantitative estimate of drug-likeness (QED) is 0.680. The molecule has 0 spiro atoms. The van der Waals surface area contributed by atoms with Gasteiger partial charge >= 0.3 is 0 Å². The molecule has 3 N–H and O–H groups in total. The maximum atomic E-state index is 13.8. The normalized spacial score (nSPS) is 13.6. The zero-order chi connectivity index (χ0) is 18.8. The average Bonchev–Trinajstić information content (AvgIpc) is 3.06. The number of carbonyl (C=O) groups excluding carboxylic acids is 1. The molecule has 0 unspecified atom stereocenters. The number of hydrogen-bond acceptors (Lipinski definition) is 3. The van der Waals surface area contributed by atoms with Crippen LogP contribution >= 0.6 is 0 Å². The molecule has 0 aliphatic carbocycles. The summed E-state index contributed by atoms with van der Waals surface area (Å²) in [4.78, 5) is 18.2. The summed E-state index contributed by atoms with van der Waals surface area (Å²) in [5.74, 6) is -0.272. The molecule has 0 fully saturated rings. The van der Waals surface area contributed by atoms with Gasteiger partial charge in [-0.05, 0) is 49.2 Å². The lowest BCUT2D eigenvalue weighted by Crippen LogP contribution is -2.36. The number of H-pyrrole nitrogens is 1. The van der Waals surface area contributed by atoms with E-state index in [9.17, 15) is 9.18 Å². The van der Waals surface area contributed by atoms with Crippen molar-refractivity contribution in [3.63, 3.8) is 0 Å². The second-order valence-electron chi connectivity index (χ2n) is 6.74. The Morgan fingerprint density at radius 1 is 1.26 bits per heavy atom. The zero-order valence-corrected chi connectivity index (χ0v) is 15.0. The Morgan fingerprint density at radius 2 is 2.11 bits per heavy atom.